The normalized spacial score (nSPS) is 10.5. The van der Waals surface area contributed by atoms with Gasteiger partial charge in [0, 0.05) is 43.2 Å². The quantitative estimate of drug-likeness (QED) is 0.150. The van der Waals surface area contributed by atoms with Crippen molar-refractivity contribution in [2.75, 3.05) is 41.1 Å². The number of rotatable bonds is 10. The van der Waals surface area contributed by atoms with Gasteiger partial charge in [0.1, 0.15) is 22.6 Å². The smallest absolute Gasteiger partial charge is 0.337 e. The second-order valence-electron chi connectivity index (χ2n) is 7.52. The van der Waals surface area contributed by atoms with E-state index in [4.69, 9.17) is 17.0 Å². The molecule has 0 aliphatic heterocycles. The summed E-state index contributed by atoms with van der Waals surface area (Å²) in [7, 11) is 1.89. The molecule has 172 valence electrons. The molecule has 0 unspecified atom stereocenters. The van der Waals surface area contributed by atoms with Crippen LogP contribution in [-0.4, -0.2) is 41.8 Å². The third-order valence-corrected chi connectivity index (χ3v) is 4.86. The topological polar surface area (TPSA) is 118 Å². The van der Waals surface area contributed by atoms with Gasteiger partial charge in [0.15, 0.2) is 0 Å². The molecular formula is C22H31ClN8O. The van der Waals surface area contributed by atoms with E-state index in [9.17, 15) is 4.79 Å². The first-order valence-electron chi connectivity index (χ1n) is 10.3. The number of nitrogens with one attached hydrogen (secondary N) is 5. The van der Waals surface area contributed by atoms with E-state index >= 15 is 0 Å². The maximum Gasteiger partial charge on any atom is 0.337 e. The van der Waals surface area contributed by atoms with E-state index in [1.807, 2.05) is 38.8 Å². The lowest BCUT2D eigenvalue weighted by Gasteiger charge is -2.19. The van der Waals surface area contributed by atoms with E-state index in [1.54, 1.807) is 25.1 Å². The van der Waals surface area contributed by atoms with Gasteiger partial charge in [-0.05, 0) is 37.5 Å². The van der Waals surface area contributed by atoms with E-state index in [1.165, 1.54) is 0 Å². The van der Waals surface area contributed by atoms with E-state index in [-0.39, 0.29) is 11.1 Å². The predicted octanol–water partition coefficient (Wildman–Crippen LogP) is 4.84. The first kappa shape index (κ1) is 24.9. The molecule has 0 atom stereocenters. The molecule has 0 aliphatic rings. The van der Waals surface area contributed by atoms with Gasteiger partial charge in [-0.3, -0.25) is 10.9 Å². The first-order valence-corrected chi connectivity index (χ1v) is 10.7. The molecule has 0 spiro atoms. The maximum absolute atomic E-state index is 12.4. The number of urea groups is 1. The summed E-state index contributed by atoms with van der Waals surface area (Å²) in [5.74, 6) is 1.81. The SMILES string of the molecule is C=CCNc1nc(NNC(=O)Nc2cc(Cl)nc(N(C)CC)c2)cc(C(C)C)c1C(C)=N. The van der Waals surface area contributed by atoms with E-state index in [2.05, 4.69) is 38.0 Å². The fourth-order valence-electron chi connectivity index (χ4n) is 2.97. The molecule has 0 bridgehead atoms. The number of aromatic nitrogens is 2. The van der Waals surface area contributed by atoms with Gasteiger partial charge in [0.2, 0.25) is 0 Å². The van der Waals surface area contributed by atoms with Crippen molar-refractivity contribution in [3.05, 3.63) is 47.1 Å². The number of pyridine rings is 2. The molecule has 0 aromatic carbocycles. The third-order valence-electron chi connectivity index (χ3n) is 4.67. The van der Waals surface area contributed by atoms with Crippen LogP contribution in [0.5, 0.6) is 0 Å². The Labute approximate surface area is 194 Å². The van der Waals surface area contributed by atoms with Crippen LogP contribution in [0.25, 0.3) is 0 Å². The number of halogens is 1. The molecule has 2 heterocycles. The Morgan fingerprint density at radius 2 is 2.03 bits per heavy atom. The molecule has 2 aromatic heterocycles. The summed E-state index contributed by atoms with van der Waals surface area (Å²) in [6, 6.07) is 4.65. The summed E-state index contributed by atoms with van der Waals surface area (Å²) in [6.07, 6.45) is 1.72. The van der Waals surface area contributed by atoms with E-state index in [0.717, 1.165) is 17.7 Å². The number of carbonyl (C=O) groups excluding carboxylic acids is 1. The fourth-order valence-corrected chi connectivity index (χ4v) is 3.18. The van der Waals surface area contributed by atoms with Gasteiger partial charge >= 0.3 is 6.03 Å². The maximum atomic E-state index is 12.4. The molecule has 9 nitrogen and oxygen atoms in total. The highest BCUT2D eigenvalue weighted by atomic mass is 35.5. The molecule has 0 radical (unpaired) electrons. The Hall–Kier alpha value is -3.33. The van der Waals surface area contributed by atoms with Gasteiger partial charge in [-0.25, -0.2) is 14.8 Å². The number of hydrogen-bond donors (Lipinski definition) is 5. The molecule has 32 heavy (non-hydrogen) atoms. The monoisotopic (exact) mass is 458 g/mol. The number of nitrogens with zero attached hydrogens (tertiary/aromatic N) is 3. The van der Waals surface area contributed by atoms with E-state index < -0.39 is 6.03 Å². The second kappa shape index (κ2) is 11.3. The summed E-state index contributed by atoms with van der Waals surface area (Å²) in [5, 5.41) is 14.4. The minimum Gasteiger partial charge on any atom is -0.366 e. The van der Waals surface area contributed by atoms with Gasteiger partial charge in [-0.2, -0.15) is 0 Å². The number of amides is 2. The Kier molecular flexibility index (Phi) is 8.83. The van der Waals surface area contributed by atoms with E-state index in [0.29, 0.717) is 35.4 Å². The summed E-state index contributed by atoms with van der Waals surface area (Å²) < 4.78 is 0. The zero-order valence-electron chi connectivity index (χ0n) is 19.1. The van der Waals surface area contributed by atoms with Crippen molar-refractivity contribution in [3.63, 3.8) is 0 Å². The average Bonchev–Trinajstić information content (AvgIpc) is 2.74. The van der Waals surface area contributed by atoms with Crippen LogP contribution in [0, 0.1) is 5.41 Å². The lowest BCUT2D eigenvalue weighted by atomic mass is 9.95. The van der Waals surface area contributed by atoms with Gasteiger partial charge in [0.25, 0.3) is 0 Å². The van der Waals surface area contributed by atoms with Crippen molar-refractivity contribution in [1.29, 1.82) is 5.41 Å². The van der Waals surface area contributed by atoms with Crippen molar-refractivity contribution in [2.24, 2.45) is 0 Å². The average molecular weight is 459 g/mol. The Bertz CT molecular complexity index is 992. The third kappa shape index (κ3) is 6.58. The molecule has 0 saturated heterocycles. The van der Waals surface area contributed by atoms with Crippen LogP contribution >= 0.6 is 11.6 Å². The highest BCUT2D eigenvalue weighted by Gasteiger charge is 2.17. The van der Waals surface area contributed by atoms with Crippen LogP contribution < -0.4 is 26.4 Å². The number of anilines is 4. The van der Waals surface area contributed by atoms with Gasteiger partial charge in [0.05, 0.1) is 0 Å². The van der Waals surface area contributed by atoms with Crippen molar-refractivity contribution >= 4 is 46.5 Å². The fraction of sp³-hybridized carbons (Fsp3) is 0.364. The summed E-state index contributed by atoms with van der Waals surface area (Å²) >= 11 is 6.09. The van der Waals surface area contributed by atoms with Crippen LogP contribution in [-0.2, 0) is 0 Å². The van der Waals surface area contributed by atoms with Crippen molar-refractivity contribution in [2.45, 2.75) is 33.6 Å². The lowest BCUT2D eigenvalue weighted by Crippen LogP contribution is -2.34. The molecular weight excluding hydrogens is 428 g/mol. The van der Waals surface area contributed by atoms with Crippen LogP contribution in [0.15, 0.2) is 30.9 Å². The molecule has 0 fully saturated rings. The largest absolute Gasteiger partial charge is 0.366 e. The first-order chi connectivity index (χ1) is 15.2. The van der Waals surface area contributed by atoms with Crippen LogP contribution in [0.4, 0.5) is 27.9 Å². The molecule has 10 heteroatoms. The molecule has 2 aromatic rings. The van der Waals surface area contributed by atoms with Gasteiger partial charge < -0.3 is 20.9 Å². The molecule has 5 N–H and O–H groups in total. The summed E-state index contributed by atoms with van der Waals surface area (Å²) in [6.45, 7) is 12.8. The zero-order valence-corrected chi connectivity index (χ0v) is 19.9. The minimum atomic E-state index is -0.488. The summed E-state index contributed by atoms with van der Waals surface area (Å²) in [4.78, 5) is 23.1. The standard InChI is InChI=1S/C22H31ClN8O/c1-7-9-25-21-20(14(5)24)16(13(3)4)12-18(28-21)29-30-22(32)26-15-10-17(23)27-19(11-15)31(6)8-2/h7,10-13,24H,1,8-9H2,2-6H3,(H2,25,28,29)(H2,26,27,30,32). The Balaban J connectivity index is 2.20. The van der Waals surface area contributed by atoms with Crippen LogP contribution in [0.2, 0.25) is 5.15 Å². The lowest BCUT2D eigenvalue weighted by molar-refractivity contribution is 0.254. The van der Waals surface area contributed by atoms with Crippen molar-refractivity contribution in [1.82, 2.24) is 15.4 Å². The predicted molar refractivity (Wildman–Crippen MR) is 133 cm³/mol. The number of hydrazine groups is 1. The van der Waals surface area contributed by atoms with Crippen LogP contribution in [0.3, 0.4) is 0 Å². The molecule has 2 amide bonds. The zero-order chi connectivity index (χ0) is 23.8. The Morgan fingerprint density at radius 3 is 2.62 bits per heavy atom. The molecule has 2 rings (SSSR count). The van der Waals surface area contributed by atoms with Crippen molar-refractivity contribution in [3.8, 4) is 0 Å². The number of carbonyl (C=O) groups is 1. The minimum absolute atomic E-state index is 0.153. The van der Waals surface area contributed by atoms with Crippen molar-refractivity contribution < 1.29 is 4.79 Å². The summed E-state index contributed by atoms with van der Waals surface area (Å²) in [5.41, 5.74) is 8.03. The van der Waals surface area contributed by atoms with Gasteiger partial charge in [-0.1, -0.05) is 31.5 Å². The van der Waals surface area contributed by atoms with Gasteiger partial charge in [-0.15, -0.1) is 6.58 Å². The molecule has 0 saturated carbocycles. The Morgan fingerprint density at radius 1 is 1.31 bits per heavy atom. The molecule has 0 aliphatic carbocycles. The second-order valence-corrected chi connectivity index (χ2v) is 7.91. The highest BCUT2D eigenvalue weighted by Crippen LogP contribution is 2.28. The van der Waals surface area contributed by atoms with Crippen LogP contribution in [0.1, 0.15) is 44.7 Å². The highest BCUT2D eigenvalue weighted by molar-refractivity contribution is 6.29. The number of hydrogen-bond acceptors (Lipinski definition) is 7.